The molecule has 0 unspecified atom stereocenters. The molecule has 4 nitrogen and oxygen atoms in total. The summed E-state index contributed by atoms with van der Waals surface area (Å²) in [7, 11) is 0. The predicted octanol–water partition coefficient (Wildman–Crippen LogP) is 5.84. The minimum absolute atomic E-state index is 0.281. The summed E-state index contributed by atoms with van der Waals surface area (Å²) in [5, 5.41) is 11.9. The first-order valence-corrected chi connectivity index (χ1v) is 8.95. The number of anilines is 2. The number of halogens is 4. The highest BCUT2D eigenvalue weighted by atomic mass is 35.5. The molecule has 0 saturated carbocycles. The van der Waals surface area contributed by atoms with Crippen molar-refractivity contribution in [3.8, 4) is 0 Å². The smallest absolute Gasteiger partial charge is 0.176 e. The van der Waals surface area contributed by atoms with E-state index in [1.807, 2.05) is 0 Å². The molecule has 3 aromatic rings. The molecule has 134 valence electrons. The van der Waals surface area contributed by atoms with E-state index in [0.29, 0.717) is 33.1 Å². The van der Waals surface area contributed by atoms with Crippen molar-refractivity contribution < 1.29 is 4.39 Å². The first-order chi connectivity index (χ1) is 12.4. The third kappa shape index (κ3) is 4.86. The Morgan fingerprint density at radius 1 is 1.04 bits per heavy atom. The Balaban J connectivity index is 1.67. The van der Waals surface area contributed by atoms with E-state index >= 15 is 0 Å². The van der Waals surface area contributed by atoms with Gasteiger partial charge in [-0.1, -0.05) is 46.9 Å². The van der Waals surface area contributed by atoms with E-state index in [9.17, 15) is 4.39 Å². The van der Waals surface area contributed by atoms with E-state index in [4.69, 9.17) is 47.0 Å². The molecule has 2 N–H and O–H groups in total. The zero-order valence-electron chi connectivity index (χ0n) is 13.1. The summed E-state index contributed by atoms with van der Waals surface area (Å²) < 4.78 is 14.6. The molecular formula is C17H12Cl3FN4S. The zero-order chi connectivity index (χ0) is 18.7. The number of nitrogens with zero attached hydrogens (tertiary/aromatic N) is 2. The first kappa shape index (κ1) is 18.9. The van der Waals surface area contributed by atoms with Gasteiger partial charge in [0.25, 0.3) is 0 Å². The molecule has 0 saturated heterocycles. The fourth-order valence-corrected chi connectivity index (χ4v) is 3.05. The van der Waals surface area contributed by atoms with Crippen LogP contribution in [0.2, 0.25) is 15.1 Å². The van der Waals surface area contributed by atoms with Crippen molar-refractivity contribution in [2.75, 3.05) is 10.6 Å². The van der Waals surface area contributed by atoms with Gasteiger partial charge in [0.05, 0.1) is 17.3 Å². The van der Waals surface area contributed by atoms with Gasteiger partial charge in [-0.05, 0) is 48.1 Å². The molecule has 0 radical (unpaired) electrons. The Bertz CT molecular complexity index is 944. The fraction of sp³-hybridized carbons (Fsp3) is 0.0588. The van der Waals surface area contributed by atoms with Gasteiger partial charge in [-0.25, -0.2) is 4.39 Å². The number of nitrogens with one attached hydrogen (secondary N) is 2. The van der Waals surface area contributed by atoms with Crippen LogP contribution in [0.1, 0.15) is 5.56 Å². The quantitative estimate of drug-likeness (QED) is 0.511. The fourth-order valence-electron chi connectivity index (χ4n) is 2.19. The largest absolute Gasteiger partial charge is 0.331 e. The summed E-state index contributed by atoms with van der Waals surface area (Å²) in [6, 6.07) is 11.2. The van der Waals surface area contributed by atoms with Crippen LogP contribution in [0.15, 0.2) is 48.7 Å². The summed E-state index contributed by atoms with van der Waals surface area (Å²) in [5.74, 6) is 0.114. The number of rotatable bonds is 4. The molecule has 0 aliphatic carbocycles. The lowest BCUT2D eigenvalue weighted by molar-refractivity contribution is 0.624. The maximum atomic E-state index is 13.0. The van der Waals surface area contributed by atoms with Crippen LogP contribution in [-0.2, 0) is 6.54 Å². The molecule has 26 heavy (non-hydrogen) atoms. The number of thiocarbonyl (C=S) groups is 1. The van der Waals surface area contributed by atoms with Crippen molar-refractivity contribution in [3.05, 3.63) is 75.1 Å². The summed E-state index contributed by atoms with van der Waals surface area (Å²) in [6.45, 7) is 0.449. The van der Waals surface area contributed by atoms with Crippen LogP contribution in [-0.4, -0.2) is 14.9 Å². The van der Waals surface area contributed by atoms with Gasteiger partial charge in [-0.2, -0.15) is 5.10 Å². The molecule has 0 spiro atoms. The van der Waals surface area contributed by atoms with E-state index in [2.05, 4.69) is 15.7 Å². The van der Waals surface area contributed by atoms with E-state index in [0.717, 1.165) is 5.56 Å². The molecule has 0 atom stereocenters. The van der Waals surface area contributed by atoms with Crippen LogP contribution in [0.25, 0.3) is 0 Å². The van der Waals surface area contributed by atoms with Crippen LogP contribution in [0.4, 0.5) is 15.9 Å². The Labute approximate surface area is 169 Å². The third-order valence-electron chi connectivity index (χ3n) is 3.39. The van der Waals surface area contributed by atoms with Crippen molar-refractivity contribution in [1.29, 1.82) is 0 Å². The highest BCUT2D eigenvalue weighted by Crippen LogP contribution is 2.26. The lowest BCUT2D eigenvalue weighted by Gasteiger charge is -2.10. The third-order valence-corrected chi connectivity index (χ3v) is 4.41. The van der Waals surface area contributed by atoms with E-state index in [1.54, 1.807) is 41.2 Å². The number of hydrogen-bond acceptors (Lipinski definition) is 2. The van der Waals surface area contributed by atoms with Gasteiger partial charge in [-0.3, -0.25) is 4.68 Å². The minimum atomic E-state index is -0.285. The second-order valence-electron chi connectivity index (χ2n) is 5.35. The zero-order valence-corrected chi connectivity index (χ0v) is 16.2. The molecule has 0 fully saturated rings. The Morgan fingerprint density at radius 2 is 1.77 bits per heavy atom. The maximum absolute atomic E-state index is 13.0. The molecule has 0 amide bonds. The SMILES string of the molecule is Fc1ccc(Cn2cc(Cl)c(NC(=S)Nc3ccc(Cl)cc3Cl)n2)cc1. The van der Waals surface area contributed by atoms with Crippen molar-refractivity contribution in [2.45, 2.75) is 6.54 Å². The lowest BCUT2D eigenvalue weighted by Crippen LogP contribution is -2.20. The van der Waals surface area contributed by atoms with Gasteiger partial charge in [0.1, 0.15) is 10.8 Å². The highest BCUT2D eigenvalue weighted by molar-refractivity contribution is 7.80. The minimum Gasteiger partial charge on any atom is -0.331 e. The average Bonchev–Trinajstić information content (AvgIpc) is 2.91. The van der Waals surface area contributed by atoms with Crippen LogP contribution in [0.5, 0.6) is 0 Å². The predicted molar refractivity (Wildman–Crippen MR) is 109 cm³/mol. The van der Waals surface area contributed by atoms with Crippen LogP contribution >= 0.6 is 47.0 Å². The molecule has 0 aliphatic heterocycles. The molecular weight excluding hydrogens is 418 g/mol. The van der Waals surface area contributed by atoms with E-state index < -0.39 is 0 Å². The topological polar surface area (TPSA) is 41.9 Å². The molecule has 0 bridgehead atoms. The lowest BCUT2D eigenvalue weighted by atomic mass is 10.2. The average molecular weight is 430 g/mol. The molecule has 1 heterocycles. The summed E-state index contributed by atoms with van der Waals surface area (Å²) in [6.07, 6.45) is 1.66. The number of aromatic nitrogens is 2. The van der Waals surface area contributed by atoms with Gasteiger partial charge in [0, 0.05) is 11.2 Å². The molecule has 3 rings (SSSR count). The second-order valence-corrected chi connectivity index (χ2v) is 7.01. The van der Waals surface area contributed by atoms with Gasteiger partial charge in [0.2, 0.25) is 0 Å². The van der Waals surface area contributed by atoms with Crippen LogP contribution in [0.3, 0.4) is 0 Å². The Hall–Kier alpha value is -1.86. The standard InChI is InChI=1S/C17H12Cl3FN4S/c18-11-3-6-15(13(19)7-11)22-17(26)23-16-14(20)9-25(24-16)8-10-1-4-12(21)5-2-10/h1-7,9H,8H2,(H2,22,23,24,26). The van der Waals surface area contributed by atoms with E-state index in [1.165, 1.54) is 12.1 Å². The molecule has 9 heteroatoms. The summed E-state index contributed by atoms with van der Waals surface area (Å²) in [4.78, 5) is 0. The normalized spacial score (nSPS) is 10.6. The maximum Gasteiger partial charge on any atom is 0.176 e. The van der Waals surface area contributed by atoms with E-state index in [-0.39, 0.29) is 10.9 Å². The Morgan fingerprint density at radius 3 is 2.46 bits per heavy atom. The summed E-state index contributed by atoms with van der Waals surface area (Å²) in [5.41, 5.74) is 1.50. The van der Waals surface area contributed by atoms with Gasteiger partial charge in [-0.15, -0.1) is 0 Å². The first-order valence-electron chi connectivity index (χ1n) is 7.41. The monoisotopic (exact) mass is 428 g/mol. The van der Waals surface area contributed by atoms with Gasteiger partial charge < -0.3 is 10.6 Å². The van der Waals surface area contributed by atoms with Gasteiger partial charge >= 0.3 is 0 Å². The summed E-state index contributed by atoms with van der Waals surface area (Å²) >= 11 is 23.4. The number of benzene rings is 2. The van der Waals surface area contributed by atoms with Crippen molar-refractivity contribution in [3.63, 3.8) is 0 Å². The van der Waals surface area contributed by atoms with Gasteiger partial charge in [0.15, 0.2) is 10.9 Å². The van der Waals surface area contributed by atoms with Crippen molar-refractivity contribution in [1.82, 2.24) is 9.78 Å². The van der Waals surface area contributed by atoms with Crippen molar-refractivity contribution in [2.24, 2.45) is 0 Å². The molecule has 1 aromatic heterocycles. The van der Waals surface area contributed by atoms with Crippen LogP contribution < -0.4 is 10.6 Å². The second kappa shape index (κ2) is 8.22. The molecule has 2 aromatic carbocycles. The Kier molecular flexibility index (Phi) is 5.98. The molecule has 0 aliphatic rings. The van der Waals surface area contributed by atoms with Crippen molar-refractivity contribution >= 4 is 63.6 Å². The van der Waals surface area contributed by atoms with Crippen LogP contribution in [0, 0.1) is 5.82 Å². The highest BCUT2D eigenvalue weighted by Gasteiger charge is 2.10. The number of hydrogen-bond donors (Lipinski definition) is 2.